The highest BCUT2D eigenvalue weighted by Crippen LogP contribution is 2.19. The van der Waals surface area contributed by atoms with E-state index in [0.29, 0.717) is 16.6 Å². The Morgan fingerprint density at radius 3 is 2.79 bits per heavy atom. The molecule has 0 saturated heterocycles. The summed E-state index contributed by atoms with van der Waals surface area (Å²) in [7, 11) is 1.36. The first kappa shape index (κ1) is 13.9. The minimum absolute atomic E-state index is 0.351. The van der Waals surface area contributed by atoms with E-state index in [1.807, 2.05) is 30.3 Å². The molecular weight excluding hydrogens is 286 g/mol. The van der Waals surface area contributed by atoms with Gasteiger partial charge in [0.2, 0.25) is 0 Å². The zero-order chi connectivity index (χ0) is 13.7. The van der Waals surface area contributed by atoms with E-state index in [0.717, 1.165) is 17.1 Å². The number of carbonyl (C=O) groups is 1. The molecule has 0 fully saturated rings. The molecule has 0 radical (unpaired) electrons. The number of nitrogens with zero attached hydrogens (tertiary/aromatic N) is 2. The van der Waals surface area contributed by atoms with Gasteiger partial charge in [0, 0.05) is 18.1 Å². The molecule has 1 unspecified atom stereocenters. The van der Waals surface area contributed by atoms with Gasteiger partial charge in [0.05, 0.1) is 7.11 Å². The molecule has 0 spiro atoms. The Kier molecular flexibility index (Phi) is 4.84. The Balaban J connectivity index is 2.11. The lowest BCUT2D eigenvalue weighted by atomic mass is 10.1. The van der Waals surface area contributed by atoms with E-state index in [4.69, 9.17) is 16.3 Å². The molecule has 7 heteroatoms. The fourth-order valence-electron chi connectivity index (χ4n) is 1.60. The number of carbonyl (C=O) groups excluding carboxylic acids is 1. The predicted octanol–water partition coefficient (Wildman–Crippen LogP) is 2.20. The second-order valence-electron chi connectivity index (χ2n) is 3.74. The van der Waals surface area contributed by atoms with Crippen LogP contribution in [0.1, 0.15) is 17.3 Å². The van der Waals surface area contributed by atoms with Gasteiger partial charge in [-0.2, -0.15) is 0 Å². The van der Waals surface area contributed by atoms with E-state index in [1.54, 1.807) is 0 Å². The van der Waals surface area contributed by atoms with E-state index >= 15 is 0 Å². The Morgan fingerprint density at radius 1 is 1.47 bits per heavy atom. The summed E-state index contributed by atoms with van der Waals surface area (Å²) in [6.45, 7) is 0.351. The normalized spacial score (nSPS) is 12.1. The molecule has 2 rings (SSSR count). The van der Waals surface area contributed by atoms with Crippen LogP contribution in [0.5, 0.6) is 0 Å². The molecule has 0 saturated carbocycles. The van der Waals surface area contributed by atoms with Gasteiger partial charge >= 0.3 is 5.97 Å². The topological polar surface area (TPSA) is 64.1 Å². The van der Waals surface area contributed by atoms with E-state index in [-0.39, 0.29) is 5.97 Å². The van der Waals surface area contributed by atoms with Crippen LogP contribution in [0.15, 0.2) is 30.3 Å². The summed E-state index contributed by atoms with van der Waals surface area (Å²) in [4.78, 5) is 11.8. The van der Waals surface area contributed by atoms with Crippen LogP contribution in [0.3, 0.4) is 0 Å². The third-order valence-electron chi connectivity index (χ3n) is 2.55. The molecule has 1 aromatic heterocycles. The highest BCUT2D eigenvalue weighted by molar-refractivity contribution is 7.10. The Hall–Kier alpha value is -1.50. The van der Waals surface area contributed by atoms with Gasteiger partial charge in [-0.3, -0.25) is 5.32 Å². The highest BCUT2D eigenvalue weighted by atomic mass is 35.5. The summed E-state index contributed by atoms with van der Waals surface area (Å²) in [6, 6.07) is 8.78. The van der Waals surface area contributed by atoms with Crippen LogP contribution >= 0.6 is 23.1 Å². The van der Waals surface area contributed by atoms with E-state index < -0.39 is 6.04 Å². The van der Waals surface area contributed by atoms with Crippen LogP contribution in [-0.2, 0) is 16.1 Å². The maximum absolute atomic E-state index is 11.8. The molecule has 19 heavy (non-hydrogen) atoms. The molecule has 0 aliphatic rings. The molecule has 2 aromatic rings. The SMILES string of the molecule is COC(=O)C(NCc1nnsc1Cl)c1ccccc1. The van der Waals surface area contributed by atoms with Crippen molar-refractivity contribution in [3.8, 4) is 0 Å². The van der Waals surface area contributed by atoms with E-state index in [2.05, 4.69) is 14.9 Å². The number of aromatic nitrogens is 2. The van der Waals surface area contributed by atoms with Gasteiger partial charge < -0.3 is 4.74 Å². The zero-order valence-corrected chi connectivity index (χ0v) is 11.7. The van der Waals surface area contributed by atoms with Gasteiger partial charge in [-0.15, -0.1) is 5.10 Å². The van der Waals surface area contributed by atoms with Crippen molar-refractivity contribution in [2.45, 2.75) is 12.6 Å². The van der Waals surface area contributed by atoms with Crippen LogP contribution in [0.25, 0.3) is 0 Å². The maximum Gasteiger partial charge on any atom is 0.327 e. The van der Waals surface area contributed by atoms with Crippen LogP contribution in [0.4, 0.5) is 0 Å². The van der Waals surface area contributed by atoms with Crippen molar-refractivity contribution in [1.82, 2.24) is 14.9 Å². The fraction of sp³-hybridized carbons (Fsp3) is 0.250. The molecule has 0 amide bonds. The summed E-state index contributed by atoms with van der Waals surface area (Å²) < 4.78 is 9.06. The van der Waals surface area contributed by atoms with Gasteiger partial charge in [-0.1, -0.05) is 46.4 Å². The second-order valence-corrected chi connectivity index (χ2v) is 5.10. The molecule has 1 heterocycles. The second kappa shape index (κ2) is 6.60. The van der Waals surface area contributed by atoms with Crippen molar-refractivity contribution in [2.24, 2.45) is 0 Å². The van der Waals surface area contributed by atoms with Crippen molar-refractivity contribution in [3.63, 3.8) is 0 Å². The average Bonchev–Trinajstić information content (AvgIpc) is 2.85. The average molecular weight is 298 g/mol. The predicted molar refractivity (Wildman–Crippen MR) is 73.0 cm³/mol. The third kappa shape index (κ3) is 3.50. The van der Waals surface area contributed by atoms with Crippen molar-refractivity contribution < 1.29 is 9.53 Å². The van der Waals surface area contributed by atoms with E-state index in [9.17, 15) is 4.79 Å². The van der Waals surface area contributed by atoms with Gasteiger partial charge in [-0.05, 0) is 5.56 Å². The zero-order valence-electron chi connectivity index (χ0n) is 10.2. The molecule has 1 aromatic carbocycles. The van der Waals surface area contributed by atoms with Crippen LogP contribution in [-0.4, -0.2) is 22.7 Å². The van der Waals surface area contributed by atoms with Gasteiger partial charge in [0.25, 0.3) is 0 Å². The lowest BCUT2D eigenvalue weighted by molar-refractivity contribution is -0.143. The number of nitrogens with one attached hydrogen (secondary N) is 1. The minimum Gasteiger partial charge on any atom is -0.468 e. The first-order valence-electron chi connectivity index (χ1n) is 5.55. The molecule has 1 atom stereocenters. The van der Waals surface area contributed by atoms with Crippen molar-refractivity contribution in [2.75, 3.05) is 7.11 Å². The summed E-state index contributed by atoms with van der Waals surface area (Å²) in [5, 5.41) is 6.96. The number of ether oxygens (including phenoxy) is 1. The summed E-state index contributed by atoms with van der Waals surface area (Å²) in [5.74, 6) is -0.356. The van der Waals surface area contributed by atoms with Gasteiger partial charge in [0.15, 0.2) is 0 Å². The standard InChI is InChI=1S/C12H12ClN3O2S/c1-18-12(17)10(8-5-3-2-4-6-8)14-7-9-11(13)19-16-15-9/h2-6,10,14H,7H2,1H3. The molecule has 5 nitrogen and oxygen atoms in total. The fourth-order valence-corrected chi connectivity index (χ4v) is 2.23. The number of methoxy groups -OCH3 is 1. The van der Waals surface area contributed by atoms with Crippen LogP contribution in [0, 0.1) is 0 Å². The monoisotopic (exact) mass is 297 g/mol. The van der Waals surface area contributed by atoms with E-state index in [1.165, 1.54) is 7.11 Å². The Morgan fingerprint density at radius 2 is 2.21 bits per heavy atom. The molecule has 0 aliphatic carbocycles. The quantitative estimate of drug-likeness (QED) is 0.857. The first-order valence-corrected chi connectivity index (χ1v) is 6.70. The molecule has 0 aliphatic heterocycles. The van der Waals surface area contributed by atoms with Crippen molar-refractivity contribution in [3.05, 3.63) is 45.9 Å². The van der Waals surface area contributed by atoms with Gasteiger partial charge in [0.1, 0.15) is 16.1 Å². The lowest BCUT2D eigenvalue weighted by Crippen LogP contribution is -2.29. The van der Waals surface area contributed by atoms with Crippen molar-refractivity contribution in [1.29, 1.82) is 0 Å². The van der Waals surface area contributed by atoms with Gasteiger partial charge in [-0.25, -0.2) is 4.79 Å². The molecule has 0 bridgehead atoms. The molecule has 1 N–H and O–H groups in total. The maximum atomic E-state index is 11.8. The first-order chi connectivity index (χ1) is 9.22. The number of hydrogen-bond acceptors (Lipinski definition) is 6. The lowest BCUT2D eigenvalue weighted by Gasteiger charge is -2.16. The smallest absolute Gasteiger partial charge is 0.327 e. The number of halogens is 1. The summed E-state index contributed by atoms with van der Waals surface area (Å²) in [6.07, 6.45) is 0. The minimum atomic E-state index is -0.552. The van der Waals surface area contributed by atoms with Crippen LogP contribution < -0.4 is 5.32 Å². The highest BCUT2D eigenvalue weighted by Gasteiger charge is 2.21. The Bertz CT molecular complexity index is 547. The third-order valence-corrected chi connectivity index (χ3v) is 3.54. The number of hydrogen-bond donors (Lipinski definition) is 1. The largest absolute Gasteiger partial charge is 0.468 e. The summed E-state index contributed by atoms with van der Waals surface area (Å²) in [5.41, 5.74) is 1.45. The number of rotatable bonds is 5. The Labute approximate surface area is 119 Å². The number of benzene rings is 1. The van der Waals surface area contributed by atoms with Crippen molar-refractivity contribution >= 4 is 29.1 Å². The summed E-state index contributed by atoms with van der Waals surface area (Å²) >= 11 is 7.03. The van der Waals surface area contributed by atoms with Crippen LogP contribution in [0.2, 0.25) is 4.34 Å². The number of esters is 1. The molecule has 100 valence electrons. The molecular formula is C12H12ClN3O2S.